The van der Waals surface area contributed by atoms with E-state index in [0.717, 1.165) is 70.3 Å². The number of rotatable bonds is 10. The number of guanidine groups is 1. The Kier molecular flexibility index (Phi) is 12.7. The molecule has 3 rings (SSSR count). The third-order valence-corrected chi connectivity index (χ3v) is 5.88. The van der Waals surface area contributed by atoms with E-state index in [1.54, 1.807) is 0 Å². The maximum atomic E-state index is 6.00. The highest BCUT2D eigenvalue weighted by Crippen LogP contribution is 2.20. The number of aromatic nitrogens is 3. The fraction of sp³-hybridized carbons (Fsp3) is 0.864. The van der Waals surface area contributed by atoms with Crippen molar-refractivity contribution in [3.8, 4) is 0 Å². The largest absolute Gasteiger partial charge is 0.378 e. The quantitative estimate of drug-likeness (QED) is 0.207. The van der Waals surface area contributed by atoms with Gasteiger partial charge in [-0.05, 0) is 45.4 Å². The average molecular weight is 533 g/mol. The zero-order valence-corrected chi connectivity index (χ0v) is 21.0. The molecular formula is C22H41IN6O. The summed E-state index contributed by atoms with van der Waals surface area (Å²) in [4.78, 5) is 4.73. The summed E-state index contributed by atoms with van der Waals surface area (Å²) < 4.78 is 8.34. The molecule has 172 valence electrons. The second-order valence-electron chi connectivity index (χ2n) is 8.27. The molecule has 8 heteroatoms. The van der Waals surface area contributed by atoms with Crippen LogP contribution in [0.4, 0.5) is 0 Å². The van der Waals surface area contributed by atoms with Crippen LogP contribution in [-0.2, 0) is 24.1 Å². The van der Waals surface area contributed by atoms with Gasteiger partial charge in [-0.15, -0.1) is 34.2 Å². The van der Waals surface area contributed by atoms with Crippen LogP contribution >= 0.6 is 24.0 Å². The highest BCUT2D eigenvalue weighted by molar-refractivity contribution is 14.0. The Morgan fingerprint density at radius 2 is 1.90 bits per heavy atom. The first-order chi connectivity index (χ1) is 14.4. The molecule has 1 saturated carbocycles. The Labute approximate surface area is 199 Å². The second kappa shape index (κ2) is 15.0. The summed E-state index contributed by atoms with van der Waals surface area (Å²) >= 11 is 0. The molecule has 0 bridgehead atoms. The van der Waals surface area contributed by atoms with Gasteiger partial charge < -0.3 is 19.9 Å². The van der Waals surface area contributed by atoms with Gasteiger partial charge in [0, 0.05) is 45.6 Å². The monoisotopic (exact) mass is 532 g/mol. The van der Waals surface area contributed by atoms with Gasteiger partial charge in [0.15, 0.2) is 5.96 Å². The van der Waals surface area contributed by atoms with E-state index in [1.807, 2.05) is 0 Å². The van der Waals surface area contributed by atoms with E-state index in [4.69, 9.17) is 9.73 Å². The summed E-state index contributed by atoms with van der Waals surface area (Å²) in [5, 5.41) is 15.6. The normalized spacial score (nSPS) is 17.7. The van der Waals surface area contributed by atoms with Crippen LogP contribution in [0.25, 0.3) is 0 Å². The van der Waals surface area contributed by atoms with Gasteiger partial charge in [0.25, 0.3) is 0 Å². The van der Waals surface area contributed by atoms with Gasteiger partial charge in [0.2, 0.25) is 0 Å². The molecule has 0 saturated heterocycles. The lowest BCUT2D eigenvalue weighted by atomic mass is 9.98. The maximum Gasteiger partial charge on any atom is 0.191 e. The Balaban J connectivity index is 0.00000320. The zero-order valence-electron chi connectivity index (χ0n) is 18.7. The van der Waals surface area contributed by atoms with E-state index in [1.165, 1.54) is 57.2 Å². The molecule has 30 heavy (non-hydrogen) atoms. The molecule has 1 fully saturated rings. The van der Waals surface area contributed by atoms with E-state index >= 15 is 0 Å². The molecule has 0 aromatic carbocycles. The summed E-state index contributed by atoms with van der Waals surface area (Å²) in [5.74, 6) is 3.21. The van der Waals surface area contributed by atoms with Gasteiger partial charge in [-0.2, -0.15) is 0 Å². The van der Waals surface area contributed by atoms with Crippen molar-refractivity contribution in [3.63, 3.8) is 0 Å². The summed E-state index contributed by atoms with van der Waals surface area (Å²) in [6.07, 6.45) is 14.9. The molecule has 7 nitrogen and oxygen atoms in total. The Morgan fingerprint density at radius 1 is 1.07 bits per heavy atom. The molecule has 2 aliphatic rings. The fourth-order valence-electron chi connectivity index (χ4n) is 4.26. The van der Waals surface area contributed by atoms with Gasteiger partial charge in [0.1, 0.15) is 11.6 Å². The first kappa shape index (κ1) is 25.4. The number of nitrogens with one attached hydrogen (secondary N) is 2. The van der Waals surface area contributed by atoms with Crippen molar-refractivity contribution >= 4 is 29.9 Å². The van der Waals surface area contributed by atoms with E-state index in [9.17, 15) is 0 Å². The minimum absolute atomic E-state index is 0. The highest BCUT2D eigenvalue weighted by atomic mass is 127. The van der Waals surface area contributed by atoms with Crippen molar-refractivity contribution in [3.05, 3.63) is 11.6 Å². The third-order valence-electron chi connectivity index (χ3n) is 5.88. The van der Waals surface area contributed by atoms with Gasteiger partial charge in [-0.25, -0.2) is 0 Å². The van der Waals surface area contributed by atoms with Crippen molar-refractivity contribution in [1.82, 2.24) is 25.4 Å². The number of fused-ring (bicyclic) bond motifs is 1. The standard InChI is InChI=1S/C22H40N6O.HI/c1-2-23-22(25-16-10-18-29-19-11-5-3-6-12-19)24-15-9-14-21-27-26-20-13-7-4-8-17-28(20)21;/h19H,2-18H2,1H3,(H2,23,24,25);1H. The molecule has 1 aliphatic heterocycles. The molecule has 1 aromatic rings. The van der Waals surface area contributed by atoms with Gasteiger partial charge in [0.05, 0.1) is 6.10 Å². The number of ether oxygens (including phenoxy) is 1. The molecule has 2 N–H and O–H groups in total. The summed E-state index contributed by atoms with van der Waals surface area (Å²) in [6, 6.07) is 0. The predicted molar refractivity (Wildman–Crippen MR) is 133 cm³/mol. The molecular weight excluding hydrogens is 491 g/mol. The molecule has 0 radical (unpaired) electrons. The Bertz CT molecular complexity index is 615. The summed E-state index contributed by atoms with van der Waals surface area (Å²) in [7, 11) is 0. The first-order valence-electron chi connectivity index (χ1n) is 11.9. The average Bonchev–Trinajstić information content (AvgIpc) is 2.97. The lowest BCUT2D eigenvalue weighted by molar-refractivity contribution is 0.0277. The second-order valence-corrected chi connectivity index (χ2v) is 8.27. The lowest BCUT2D eigenvalue weighted by Crippen LogP contribution is -2.38. The summed E-state index contributed by atoms with van der Waals surface area (Å²) in [6.45, 7) is 6.60. The van der Waals surface area contributed by atoms with Crippen molar-refractivity contribution in [2.24, 2.45) is 4.99 Å². The van der Waals surface area contributed by atoms with Crippen LogP contribution in [0.3, 0.4) is 0 Å². The maximum absolute atomic E-state index is 6.00. The van der Waals surface area contributed by atoms with Gasteiger partial charge >= 0.3 is 0 Å². The SMILES string of the molecule is CCNC(=NCCCc1nnc2n1CCCCC2)NCCCOC1CCCCC1.I. The molecule has 2 heterocycles. The molecule has 0 spiro atoms. The number of hydrogen-bond donors (Lipinski definition) is 2. The zero-order chi connectivity index (χ0) is 20.2. The molecule has 1 aliphatic carbocycles. The van der Waals surface area contributed by atoms with Crippen LogP contribution in [0.15, 0.2) is 4.99 Å². The van der Waals surface area contributed by atoms with Gasteiger partial charge in [-0.1, -0.05) is 25.7 Å². The molecule has 0 amide bonds. The van der Waals surface area contributed by atoms with Crippen LogP contribution in [-0.4, -0.2) is 53.1 Å². The van der Waals surface area contributed by atoms with Crippen molar-refractivity contribution in [2.75, 3.05) is 26.2 Å². The first-order valence-corrected chi connectivity index (χ1v) is 11.9. The third kappa shape index (κ3) is 8.69. The van der Waals surface area contributed by atoms with Crippen LogP contribution in [0.1, 0.15) is 82.8 Å². The van der Waals surface area contributed by atoms with Crippen LogP contribution in [0.2, 0.25) is 0 Å². The number of nitrogens with zero attached hydrogens (tertiary/aromatic N) is 4. The lowest BCUT2D eigenvalue weighted by Gasteiger charge is -2.22. The van der Waals surface area contributed by atoms with E-state index < -0.39 is 0 Å². The van der Waals surface area contributed by atoms with Crippen LogP contribution in [0.5, 0.6) is 0 Å². The summed E-state index contributed by atoms with van der Waals surface area (Å²) in [5.41, 5.74) is 0. The molecule has 1 aromatic heterocycles. The molecule has 0 unspecified atom stereocenters. The van der Waals surface area contributed by atoms with E-state index in [2.05, 4.69) is 32.3 Å². The van der Waals surface area contributed by atoms with Crippen LogP contribution < -0.4 is 10.6 Å². The number of aryl methyl sites for hydroxylation is 2. The van der Waals surface area contributed by atoms with Crippen molar-refractivity contribution in [1.29, 1.82) is 0 Å². The Morgan fingerprint density at radius 3 is 2.73 bits per heavy atom. The van der Waals surface area contributed by atoms with Crippen molar-refractivity contribution < 1.29 is 4.74 Å². The smallest absolute Gasteiger partial charge is 0.191 e. The van der Waals surface area contributed by atoms with Crippen molar-refractivity contribution in [2.45, 2.75) is 96.6 Å². The molecule has 0 atom stereocenters. The Hall–Kier alpha value is -0.900. The highest BCUT2D eigenvalue weighted by Gasteiger charge is 2.14. The number of hydrogen-bond acceptors (Lipinski definition) is 4. The number of halogens is 1. The minimum Gasteiger partial charge on any atom is -0.378 e. The topological polar surface area (TPSA) is 76.4 Å². The minimum atomic E-state index is 0. The fourth-order valence-corrected chi connectivity index (χ4v) is 4.26. The van der Waals surface area contributed by atoms with E-state index in [0.29, 0.717) is 6.10 Å². The predicted octanol–water partition coefficient (Wildman–Crippen LogP) is 3.85. The van der Waals surface area contributed by atoms with Crippen LogP contribution in [0, 0.1) is 0 Å². The number of aliphatic imine (C=N–C) groups is 1. The van der Waals surface area contributed by atoms with Gasteiger partial charge in [-0.3, -0.25) is 4.99 Å². The van der Waals surface area contributed by atoms with E-state index in [-0.39, 0.29) is 24.0 Å².